The number of hydrogen-bond acceptors (Lipinski definition) is 3. The molecule has 1 saturated heterocycles. The Balaban J connectivity index is 1.87. The maximum Gasteiger partial charge on any atom is 0.224 e. The predicted molar refractivity (Wildman–Crippen MR) is 84.2 cm³/mol. The smallest absolute Gasteiger partial charge is 0.224 e. The topological polar surface area (TPSA) is 44.4 Å². The van der Waals surface area contributed by atoms with Gasteiger partial charge in [-0.3, -0.25) is 4.79 Å². The van der Waals surface area contributed by atoms with E-state index in [4.69, 9.17) is 0 Å². The van der Waals surface area contributed by atoms with Gasteiger partial charge in [0, 0.05) is 30.9 Å². The molecule has 1 aliphatic rings. The molecule has 20 heavy (non-hydrogen) atoms. The fourth-order valence-corrected chi connectivity index (χ4v) is 2.71. The molecule has 0 aliphatic carbocycles. The van der Waals surface area contributed by atoms with Crippen molar-refractivity contribution in [2.75, 3.05) is 36.4 Å². The van der Waals surface area contributed by atoms with Crippen LogP contribution < -0.4 is 15.5 Å². The highest BCUT2D eigenvalue weighted by atomic mass is 16.1. The number of carbonyl (C=O) groups is 1. The Labute approximate surface area is 121 Å². The van der Waals surface area contributed by atoms with Gasteiger partial charge in [-0.05, 0) is 63.5 Å². The Hall–Kier alpha value is -1.55. The van der Waals surface area contributed by atoms with Gasteiger partial charge in [0.05, 0.1) is 0 Å². The van der Waals surface area contributed by atoms with Crippen LogP contribution in [0.2, 0.25) is 0 Å². The van der Waals surface area contributed by atoms with Gasteiger partial charge in [-0.15, -0.1) is 0 Å². The highest BCUT2D eigenvalue weighted by Gasteiger charge is 2.17. The van der Waals surface area contributed by atoms with Crippen molar-refractivity contribution in [1.29, 1.82) is 0 Å². The van der Waals surface area contributed by atoms with Crippen LogP contribution in [0, 0.1) is 5.92 Å². The van der Waals surface area contributed by atoms with Crippen LogP contribution in [0.25, 0.3) is 0 Å². The van der Waals surface area contributed by atoms with Gasteiger partial charge in [0.15, 0.2) is 0 Å². The quantitative estimate of drug-likeness (QED) is 0.838. The Kier molecular flexibility index (Phi) is 5.41. The van der Waals surface area contributed by atoms with E-state index in [-0.39, 0.29) is 5.91 Å². The third kappa shape index (κ3) is 3.97. The van der Waals surface area contributed by atoms with Crippen LogP contribution in [-0.2, 0) is 4.79 Å². The number of carbonyl (C=O) groups excluding carboxylic acids is 1. The van der Waals surface area contributed by atoms with Crippen LogP contribution >= 0.6 is 0 Å². The molecule has 2 rings (SSSR count). The Morgan fingerprint density at radius 2 is 2.00 bits per heavy atom. The van der Waals surface area contributed by atoms with Crippen molar-refractivity contribution >= 4 is 17.3 Å². The third-order valence-electron chi connectivity index (χ3n) is 3.92. The van der Waals surface area contributed by atoms with Gasteiger partial charge in [0.25, 0.3) is 0 Å². The molecule has 0 radical (unpaired) electrons. The van der Waals surface area contributed by atoms with E-state index in [0.717, 1.165) is 38.3 Å². The number of nitrogens with one attached hydrogen (secondary N) is 2. The molecule has 1 amide bonds. The Morgan fingerprint density at radius 3 is 2.55 bits per heavy atom. The first-order valence-corrected chi connectivity index (χ1v) is 7.58. The van der Waals surface area contributed by atoms with Gasteiger partial charge in [-0.2, -0.15) is 0 Å². The largest absolute Gasteiger partial charge is 0.372 e. The number of benzene rings is 1. The molecule has 0 spiro atoms. The number of hydrogen-bond donors (Lipinski definition) is 2. The normalized spacial score (nSPS) is 18.0. The highest BCUT2D eigenvalue weighted by Crippen LogP contribution is 2.19. The summed E-state index contributed by atoms with van der Waals surface area (Å²) >= 11 is 0. The number of amides is 1. The number of anilines is 2. The molecule has 4 heteroatoms. The minimum atomic E-state index is 0.120. The second-order valence-electron chi connectivity index (χ2n) is 5.33. The van der Waals surface area contributed by atoms with Gasteiger partial charge in [0.2, 0.25) is 5.91 Å². The van der Waals surface area contributed by atoms with Crippen LogP contribution in [0.15, 0.2) is 24.3 Å². The molecule has 1 fully saturated rings. The standard InChI is InChI=1S/C16H25N3O/c1-3-19(4-2)15-7-5-14(6-8-15)18-16(20)11-13-9-10-17-12-13/h5-8,13,17H,3-4,9-12H2,1-2H3,(H,18,20). The molecule has 1 atom stereocenters. The summed E-state index contributed by atoms with van der Waals surface area (Å²) in [6.45, 7) is 8.29. The summed E-state index contributed by atoms with van der Waals surface area (Å²) in [7, 11) is 0. The van der Waals surface area contributed by atoms with E-state index >= 15 is 0 Å². The first kappa shape index (κ1) is 14.9. The number of nitrogens with zero attached hydrogens (tertiary/aromatic N) is 1. The average molecular weight is 275 g/mol. The minimum absolute atomic E-state index is 0.120. The summed E-state index contributed by atoms with van der Waals surface area (Å²) in [6.07, 6.45) is 1.72. The second-order valence-corrected chi connectivity index (χ2v) is 5.33. The molecule has 1 aromatic carbocycles. The van der Waals surface area contributed by atoms with Gasteiger partial charge in [-0.1, -0.05) is 0 Å². The predicted octanol–water partition coefficient (Wildman–Crippen LogP) is 2.47. The monoisotopic (exact) mass is 275 g/mol. The van der Waals surface area contributed by atoms with Crippen LogP contribution in [0.4, 0.5) is 11.4 Å². The summed E-state index contributed by atoms with van der Waals surface area (Å²) in [5.41, 5.74) is 2.09. The zero-order valence-corrected chi connectivity index (χ0v) is 12.5. The first-order chi connectivity index (χ1) is 9.72. The fraction of sp³-hybridized carbons (Fsp3) is 0.562. The maximum absolute atomic E-state index is 12.0. The molecule has 2 N–H and O–H groups in total. The van der Waals surface area contributed by atoms with Gasteiger partial charge in [0.1, 0.15) is 0 Å². The molecular formula is C16H25N3O. The summed E-state index contributed by atoms with van der Waals surface area (Å²) in [6, 6.07) is 8.11. The van der Waals surface area contributed by atoms with Crippen molar-refractivity contribution in [2.24, 2.45) is 5.92 Å². The van der Waals surface area contributed by atoms with Crippen LogP contribution in [0.3, 0.4) is 0 Å². The molecule has 0 bridgehead atoms. The summed E-state index contributed by atoms with van der Waals surface area (Å²) in [5.74, 6) is 0.610. The van der Waals surface area contributed by atoms with E-state index < -0.39 is 0 Å². The van der Waals surface area contributed by atoms with E-state index in [2.05, 4.69) is 41.5 Å². The summed E-state index contributed by atoms with van der Waals surface area (Å²) in [4.78, 5) is 14.2. The number of rotatable bonds is 6. The van der Waals surface area contributed by atoms with Crippen molar-refractivity contribution in [3.63, 3.8) is 0 Å². The third-order valence-corrected chi connectivity index (χ3v) is 3.92. The molecule has 0 aromatic heterocycles. The van der Waals surface area contributed by atoms with E-state index in [1.807, 2.05) is 12.1 Å². The summed E-state index contributed by atoms with van der Waals surface area (Å²) in [5, 5.41) is 6.27. The van der Waals surface area contributed by atoms with E-state index in [1.165, 1.54) is 5.69 Å². The molecule has 110 valence electrons. The van der Waals surface area contributed by atoms with Crippen molar-refractivity contribution in [3.8, 4) is 0 Å². The molecular weight excluding hydrogens is 250 g/mol. The van der Waals surface area contributed by atoms with Gasteiger partial charge >= 0.3 is 0 Å². The second kappa shape index (κ2) is 7.29. The van der Waals surface area contributed by atoms with Gasteiger partial charge < -0.3 is 15.5 Å². The molecule has 1 unspecified atom stereocenters. The lowest BCUT2D eigenvalue weighted by Gasteiger charge is -2.21. The van der Waals surface area contributed by atoms with E-state index in [1.54, 1.807) is 0 Å². The van der Waals surface area contributed by atoms with Crippen molar-refractivity contribution < 1.29 is 4.79 Å². The zero-order chi connectivity index (χ0) is 14.4. The molecule has 0 saturated carbocycles. The Bertz CT molecular complexity index is 420. The van der Waals surface area contributed by atoms with Crippen molar-refractivity contribution in [2.45, 2.75) is 26.7 Å². The molecule has 1 aromatic rings. The van der Waals surface area contributed by atoms with Crippen LogP contribution in [-0.4, -0.2) is 32.1 Å². The lowest BCUT2D eigenvalue weighted by Crippen LogP contribution is -2.21. The summed E-state index contributed by atoms with van der Waals surface area (Å²) < 4.78 is 0. The lowest BCUT2D eigenvalue weighted by atomic mass is 10.0. The van der Waals surface area contributed by atoms with E-state index in [0.29, 0.717) is 12.3 Å². The van der Waals surface area contributed by atoms with E-state index in [9.17, 15) is 4.79 Å². The average Bonchev–Trinajstić information content (AvgIpc) is 2.94. The highest BCUT2D eigenvalue weighted by molar-refractivity contribution is 5.91. The lowest BCUT2D eigenvalue weighted by molar-refractivity contribution is -0.116. The molecule has 1 aliphatic heterocycles. The maximum atomic E-state index is 12.0. The van der Waals surface area contributed by atoms with Gasteiger partial charge in [-0.25, -0.2) is 0 Å². The van der Waals surface area contributed by atoms with Crippen LogP contribution in [0.5, 0.6) is 0 Å². The molecule has 1 heterocycles. The van der Waals surface area contributed by atoms with Crippen LogP contribution in [0.1, 0.15) is 26.7 Å². The fourth-order valence-electron chi connectivity index (χ4n) is 2.71. The first-order valence-electron chi connectivity index (χ1n) is 7.58. The minimum Gasteiger partial charge on any atom is -0.372 e. The Morgan fingerprint density at radius 1 is 1.30 bits per heavy atom. The molecule has 4 nitrogen and oxygen atoms in total. The zero-order valence-electron chi connectivity index (χ0n) is 12.5. The van der Waals surface area contributed by atoms with Crippen molar-refractivity contribution in [1.82, 2.24) is 5.32 Å². The van der Waals surface area contributed by atoms with Crippen molar-refractivity contribution in [3.05, 3.63) is 24.3 Å². The SMILES string of the molecule is CCN(CC)c1ccc(NC(=O)CC2CCNC2)cc1.